The normalized spacial score (nSPS) is 14.3. The summed E-state index contributed by atoms with van der Waals surface area (Å²) in [6, 6.07) is 0. The Hall–Kier alpha value is -0.650. The third-order valence-electron chi connectivity index (χ3n) is 4.58. The molecule has 0 amide bonds. The molecule has 5 nitrogen and oxygen atoms in total. The first-order chi connectivity index (χ1) is 10.9. The zero-order chi connectivity index (χ0) is 17.7. The Balaban J connectivity index is 3.66. The molecule has 1 unspecified atom stereocenters. The molecule has 0 aromatic heterocycles. The van der Waals surface area contributed by atoms with Gasteiger partial charge in [-0.05, 0) is 27.4 Å². The van der Waals surface area contributed by atoms with Gasteiger partial charge in [0.1, 0.15) is 0 Å². The van der Waals surface area contributed by atoms with Crippen molar-refractivity contribution in [2.24, 2.45) is 0 Å². The lowest BCUT2D eigenvalue weighted by atomic mass is 10.0. The molecule has 2 N–H and O–H groups in total. The minimum atomic E-state index is -1.77. The summed E-state index contributed by atoms with van der Waals surface area (Å²) in [6.45, 7) is 4.04. The Labute approximate surface area is 142 Å². The van der Waals surface area contributed by atoms with E-state index in [1.807, 2.05) is 0 Å². The van der Waals surface area contributed by atoms with Gasteiger partial charge in [0.25, 0.3) is 0 Å². The SMILES string of the molecule is CCCCCCCCCCCCOC(=O)C(C)(C(O)O)N(C)C. The number of ether oxygens (including phenoxy) is 1. The molecule has 0 aliphatic carbocycles. The van der Waals surface area contributed by atoms with Crippen LogP contribution in [0.3, 0.4) is 0 Å². The molecule has 0 radical (unpaired) electrons. The van der Waals surface area contributed by atoms with E-state index in [0.29, 0.717) is 6.61 Å². The van der Waals surface area contributed by atoms with Crippen molar-refractivity contribution >= 4 is 5.97 Å². The molecule has 0 saturated heterocycles. The lowest BCUT2D eigenvalue weighted by Gasteiger charge is -2.35. The van der Waals surface area contributed by atoms with Gasteiger partial charge in [0, 0.05) is 0 Å². The Kier molecular flexibility index (Phi) is 12.4. The average molecular weight is 331 g/mol. The predicted molar refractivity (Wildman–Crippen MR) is 93.1 cm³/mol. The second-order valence-corrected chi connectivity index (χ2v) is 6.73. The molecule has 0 fully saturated rings. The third kappa shape index (κ3) is 8.68. The van der Waals surface area contributed by atoms with Crippen LogP contribution in [0.4, 0.5) is 0 Å². The maximum absolute atomic E-state index is 12.0. The largest absolute Gasteiger partial charge is 0.464 e. The van der Waals surface area contributed by atoms with E-state index in [1.165, 1.54) is 63.2 Å². The van der Waals surface area contributed by atoms with E-state index >= 15 is 0 Å². The van der Waals surface area contributed by atoms with E-state index < -0.39 is 17.8 Å². The summed E-state index contributed by atoms with van der Waals surface area (Å²) in [7, 11) is 3.25. The molecule has 1 atom stereocenters. The van der Waals surface area contributed by atoms with Crippen LogP contribution in [0, 0.1) is 0 Å². The fourth-order valence-electron chi connectivity index (χ4n) is 2.42. The molecule has 138 valence electrons. The van der Waals surface area contributed by atoms with Gasteiger partial charge in [-0.25, -0.2) is 4.79 Å². The summed E-state index contributed by atoms with van der Waals surface area (Å²) in [5.74, 6) is -0.589. The summed E-state index contributed by atoms with van der Waals surface area (Å²) >= 11 is 0. The van der Waals surface area contributed by atoms with E-state index in [-0.39, 0.29) is 0 Å². The Morgan fingerprint density at radius 3 is 1.78 bits per heavy atom. The summed E-state index contributed by atoms with van der Waals surface area (Å²) < 4.78 is 5.20. The van der Waals surface area contributed by atoms with Gasteiger partial charge >= 0.3 is 5.97 Å². The van der Waals surface area contributed by atoms with Crippen molar-refractivity contribution in [2.45, 2.75) is 89.9 Å². The number of hydrogen-bond acceptors (Lipinski definition) is 5. The van der Waals surface area contributed by atoms with E-state index in [2.05, 4.69) is 6.92 Å². The highest BCUT2D eigenvalue weighted by atomic mass is 16.5. The predicted octanol–water partition coefficient (Wildman–Crippen LogP) is 3.08. The van der Waals surface area contributed by atoms with Crippen molar-refractivity contribution in [1.29, 1.82) is 0 Å². The van der Waals surface area contributed by atoms with Crippen molar-refractivity contribution in [3.8, 4) is 0 Å². The highest BCUT2D eigenvalue weighted by molar-refractivity contribution is 5.80. The van der Waals surface area contributed by atoms with Crippen LogP contribution >= 0.6 is 0 Å². The first-order valence-corrected chi connectivity index (χ1v) is 9.08. The number of carbonyl (C=O) groups excluding carboxylic acids is 1. The van der Waals surface area contributed by atoms with Gasteiger partial charge in [-0.1, -0.05) is 64.7 Å². The topological polar surface area (TPSA) is 70.0 Å². The number of aliphatic hydroxyl groups excluding tert-OH is 1. The second kappa shape index (κ2) is 12.7. The Morgan fingerprint density at radius 1 is 0.957 bits per heavy atom. The monoisotopic (exact) mass is 331 g/mol. The number of nitrogens with zero attached hydrogens (tertiary/aromatic N) is 1. The highest BCUT2D eigenvalue weighted by Crippen LogP contribution is 2.18. The Morgan fingerprint density at radius 2 is 1.39 bits per heavy atom. The number of hydrogen-bond donors (Lipinski definition) is 2. The number of aliphatic hydroxyl groups is 2. The van der Waals surface area contributed by atoms with Gasteiger partial charge in [0.2, 0.25) is 0 Å². The van der Waals surface area contributed by atoms with Gasteiger partial charge in [-0.3, -0.25) is 4.90 Å². The fourth-order valence-corrected chi connectivity index (χ4v) is 2.42. The molecule has 5 heteroatoms. The summed E-state index contributed by atoms with van der Waals surface area (Å²) in [6.07, 6.45) is 10.5. The van der Waals surface area contributed by atoms with E-state index in [9.17, 15) is 15.0 Å². The maximum Gasteiger partial charge on any atom is 0.331 e. The van der Waals surface area contributed by atoms with Crippen molar-refractivity contribution in [3.63, 3.8) is 0 Å². The van der Waals surface area contributed by atoms with Gasteiger partial charge < -0.3 is 14.9 Å². The molecule has 0 heterocycles. The highest BCUT2D eigenvalue weighted by Gasteiger charge is 2.43. The standard InChI is InChI=1S/C18H37NO4/c1-5-6-7-8-9-10-11-12-13-14-15-23-17(22)18(2,16(20)21)19(3)4/h16,20-21H,5-15H2,1-4H3. The molecule has 0 spiro atoms. The molecule has 23 heavy (non-hydrogen) atoms. The van der Waals surface area contributed by atoms with Crippen LogP contribution < -0.4 is 0 Å². The molecular weight excluding hydrogens is 294 g/mol. The van der Waals surface area contributed by atoms with Gasteiger partial charge in [0.15, 0.2) is 11.8 Å². The minimum Gasteiger partial charge on any atom is -0.464 e. The van der Waals surface area contributed by atoms with Crippen molar-refractivity contribution in [1.82, 2.24) is 4.90 Å². The Bertz CT molecular complexity index is 297. The van der Waals surface area contributed by atoms with Gasteiger partial charge in [0.05, 0.1) is 6.61 Å². The van der Waals surface area contributed by atoms with Crippen LogP contribution in [0.2, 0.25) is 0 Å². The number of likely N-dealkylation sites (N-methyl/N-ethyl adjacent to an activating group) is 1. The second-order valence-electron chi connectivity index (χ2n) is 6.73. The first kappa shape index (κ1) is 22.4. The van der Waals surface area contributed by atoms with E-state index in [1.54, 1.807) is 14.1 Å². The molecule has 0 aliphatic rings. The molecule has 0 aromatic rings. The van der Waals surface area contributed by atoms with Gasteiger partial charge in [-0.15, -0.1) is 0 Å². The zero-order valence-electron chi connectivity index (χ0n) is 15.5. The van der Waals surface area contributed by atoms with Crippen LogP contribution in [-0.2, 0) is 9.53 Å². The minimum absolute atomic E-state index is 0.339. The van der Waals surface area contributed by atoms with Crippen LogP contribution in [0.15, 0.2) is 0 Å². The molecule has 0 saturated carbocycles. The van der Waals surface area contributed by atoms with Crippen LogP contribution in [0.25, 0.3) is 0 Å². The van der Waals surface area contributed by atoms with Crippen molar-refractivity contribution in [3.05, 3.63) is 0 Å². The van der Waals surface area contributed by atoms with Crippen molar-refractivity contribution in [2.75, 3.05) is 20.7 Å². The quantitative estimate of drug-likeness (QED) is 0.291. The number of esters is 1. The molecule has 0 aromatic carbocycles. The molecular formula is C18H37NO4. The summed E-state index contributed by atoms with van der Waals surface area (Å²) in [4.78, 5) is 13.5. The third-order valence-corrected chi connectivity index (χ3v) is 4.58. The zero-order valence-corrected chi connectivity index (χ0v) is 15.5. The maximum atomic E-state index is 12.0. The van der Waals surface area contributed by atoms with Crippen molar-refractivity contribution < 1.29 is 19.7 Å². The van der Waals surface area contributed by atoms with E-state index in [4.69, 9.17) is 4.74 Å². The molecule has 0 bridgehead atoms. The average Bonchev–Trinajstić information content (AvgIpc) is 2.50. The van der Waals surface area contributed by atoms with E-state index in [0.717, 1.165) is 12.8 Å². The van der Waals surface area contributed by atoms with Crippen LogP contribution in [0.1, 0.15) is 78.1 Å². The van der Waals surface area contributed by atoms with Crippen LogP contribution in [-0.4, -0.2) is 53.6 Å². The fraction of sp³-hybridized carbons (Fsp3) is 0.944. The summed E-state index contributed by atoms with van der Waals surface area (Å²) in [5.41, 5.74) is -1.42. The molecule has 0 rings (SSSR count). The number of rotatable bonds is 14. The number of carbonyl (C=O) groups is 1. The smallest absolute Gasteiger partial charge is 0.331 e. The number of unbranched alkanes of at least 4 members (excludes halogenated alkanes) is 9. The van der Waals surface area contributed by atoms with Gasteiger partial charge in [-0.2, -0.15) is 0 Å². The summed E-state index contributed by atoms with van der Waals surface area (Å²) in [5, 5.41) is 18.8. The molecule has 0 aliphatic heterocycles. The van der Waals surface area contributed by atoms with Crippen LogP contribution in [0.5, 0.6) is 0 Å². The first-order valence-electron chi connectivity index (χ1n) is 9.08. The lowest BCUT2D eigenvalue weighted by molar-refractivity contribution is -0.185. The lowest BCUT2D eigenvalue weighted by Crippen LogP contribution is -2.58.